The van der Waals surface area contributed by atoms with E-state index in [1.807, 2.05) is 0 Å². The third kappa shape index (κ3) is 4.88. The van der Waals surface area contributed by atoms with Crippen molar-refractivity contribution in [3.05, 3.63) is 23.8 Å². The summed E-state index contributed by atoms with van der Waals surface area (Å²) in [6, 6.07) is 2.89. The van der Waals surface area contributed by atoms with Crippen LogP contribution in [0.2, 0.25) is 0 Å². The molecular weight excluding hydrogens is 370 g/mol. The van der Waals surface area contributed by atoms with E-state index in [0.717, 1.165) is 24.7 Å². The summed E-state index contributed by atoms with van der Waals surface area (Å²) >= 11 is 0. The average molecular weight is 409 g/mol. The monoisotopic (exact) mass is 408 g/mol. The van der Waals surface area contributed by atoms with E-state index in [2.05, 4.69) is 13.8 Å². The highest BCUT2D eigenvalue weighted by Gasteiger charge is 2.44. The first-order chi connectivity index (χ1) is 14.0. The second-order valence-corrected chi connectivity index (χ2v) is 9.41. The van der Waals surface area contributed by atoms with Gasteiger partial charge in [0, 0.05) is 0 Å². The molecule has 0 N–H and O–H groups in total. The molecule has 1 atom stereocenters. The smallest absolute Gasteiger partial charge is 0.204 e. The number of rotatable bonds is 8. The number of hydrogen-bond donors (Lipinski definition) is 0. The number of halogens is 2. The number of methoxy groups -OCH3 is 1. The summed E-state index contributed by atoms with van der Waals surface area (Å²) in [5.74, 6) is 0.0289. The molecule has 164 valence electrons. The molecule has 2 saturated carbocycles. The zero-order chi connectivity index (χ0) is 20.9. The van der Waals surface area contributed by atoms with E-state index in [1.165, 1.54) is 77.0 Å². The van der Waals surface area contributed by atoms with Crippen molar-refractivity contribution in [3.8, 4) is 11.5 Å². The van der Waals surface area contributed by atoms with Gasteiger partial charge in [-0.2, -0.15) is 8.78 Å². The second-order valence-electron chi connectivity index (χ2n) is 9.41. The molecule has 0 amide bonds. The summed E-state index contributed by atoms with van der Waals surface area (Å²) in [4.78, 5) is 0. The largest absolute Gasteiger partial charge is 0.494 e. The number of benzene rings is 1. The molecule has 0 bridgehead atoms. The molecule has 0 spiro atoms. The molecule has 2 nitrogen and oxygen atoms in total. The van der Waals surface area contributed by atoms with Gasteiger partial charge in [-0.1, -0.05) is 46.0 Å². The Morgan fingerprint density at radius 2 is 1.62 bits per heavy atom. The van der Waals surface area contributed by atoms with Crippen molar-refractivity contribution in [1.82, 2.24) is 0 Å². The van der Waals surface area contributed by atoms with Gasteiger partial charge < -0.3 is 9.47 Å². The third-order valence-corrected chi connectivity index (χ3v) is 7.85. The van der Waals surface area contributed by atoms with Gasteiger partial charge in [0.25, 0.3) is 0 Å². The average Bonchev–Trinajstić information content (AvgIpc) is 2.76. The topological polar surface area (TPSA) is 18.5 Å². The number of hydrogen-bond acceptors (Lipinski definition) is 2. The third-order valence-electron chi connectivity index (χ3n) is 7.85. The molecule has 0 aromatic heterocycles. The Bertz CT molecular complexity index is 646. The van der Waals surface area contributed by atoms with Crippen molar-refractivity contribution >= 4 is 0 Å². The standard InChI is InChI=1S/C25H38F2O2/c1-4-8-18(2)25(15-6-5-7-16-25)20-11-9-19(10-12-20)17-29-22-14-13-21(28-3)23(26)24(22)27/h13-14,18-20H,4-12,15-17H2,1-3H3/t18?,19-,20-. The van der Waals surface area contributed by atoms with Gasteiger partial charge in [-0.25, -0.2) is 0 Å². The molecule has 0 heterocycles. The number of ether oxygens (including phenoxy) is 2. The molecule has 29 heavy (non-hydrogen) atoms. The maximum atomic E-state index is 14.1. The van der Waals surface area contributed by atoms with Gasteiger partial charge in [0.05, 0.1) is 13.7 Å². The molecule has 0 saturated heterocycles. The van der Waals surface area contributed by atoms with E-state index in [-0.39, 0.29) is 11.5 Å². The van der Waals surface area contributed by atoms with Crippen LogP contribution in [0.1, 0.15) is 84.5 Å². The zero-order valence-electron chi connectivity index (χ0n) is 18.4. The molecule has 4 heteroatoms. The van der Waals surface area contributed by atoms with Crippen molar-refractivity contribution < 1.29 is 18.3 Å². The van der Waals surface area contributed by atoms with E-state index in [0.29, 0.717) is 17.9 Å². The maximum absolute atomic E-state index is 14.1. The minimum Gasteiger partial charge on any atom is -0.494 e. The van der Waals surface area contributed by atoms with Gasteiger partial charge in [0.2, 0.25) is 11.6 Å². The van der Waals surface area contributed by atoms with E-state index in [1.54, 1.807) is 0 Å². The second kappa shape index (κ2) is 10.1. The normalized spacial score (nSPS) is 25.4. The lowest BCUT2D eigenvalue weighted by molar-refractivity contribution is -0.00403. The van der Waals surface area contributed by atoms with Crippen molar-refractivity contribution in [2.45, 2.75) is 84.5 Å². The lowest BCUT2D eigenvalue weighted by Gasteiger charge is -2.50. The fourth-order valence-corrected chi connectivity index (χ4v) is 6.13. The van der Waals surface area contributed by atoms with Crippen LogP contribution in [-0.4, -0.2) is 13.7 Å². The molecule has 1 aromatic rings. The van der Waals surface area contributed by atoms with Crippen LogP contribution in [0.3, 0.4) is 0 Å². The predicted octanol–water partition coefficient (Wildman–Crippen LogP) is 7.55. The van der Waals surface area contributed by atoms with Gasteiger partial charge in [-0.15, -0.1) is 0 Å². The van der Waals surface area contributed by atoms with Crippen molar-refractivity contribution in [2.24, 2.45) is 23.2 Å². The van der Waals surface area contributed by atoms with Crippen molar-refractivity contribution in [2.75, 3.05) is 13.7 Å². The summed E-state index contributed by atoms with van der Waals surface area (Å²) in [7, 11) is 1.33. The molecular formula is C25H38F2O2. The Morgan fingerprint density at radius 3 is 2.24 bits per heavy atom. The Hall–Kier alpha value is -1.32. The van der Waals surface area contributed by atoms with Crippen LogP contribution in [0.4, 0.5) is 8.78 Å². The zero-order valence-corrected chi connectivity index (χ0v) is 18.4. The molecule has 2 fully saturated rings. The van der Waals surface area contributed by atoms with Gasteiger partial charge in [0.1, 0.15) is 0 Å². The Labute approximate surface area is 175 Å². The summed E-state index contributed by atoms with van der Waals surface area (Å²) in [5, 5.41) is 0. The minimum absolute atomic E-state index is 0.00857. The van der Waals surface area contributed by atoms with Crippen LogP contribution >= 0.6 is 0 Å². The quantitative estimate of drug-likeness (QED) is 0.442. The van der Waals surface area contributed by atoms with Crippen LogP contribution in [-0.2, 0) is 0 Å². The Balaban J connectivity index is 1.56. The first-order valence-electron chi connectivity index (χ1n) is 11.7. The highest BCUT2D eigenvalue weighted by Crippen LogP contribution is 2.54. The fraction of sp³-hybridized carbons (Fsp3) is 0.760. The van der Waals surface area contributed by atoms with Gasteiger partial charge in [0.15, 0.2) is 11.5 Å². The van der Waals surface area contributed by atoms with Crippen molar-refractivity contribution in [3.63, 3.8) is 0 Å². The summed E-state index contributed by atoms with van der Waals surface area (Å²) in [6.45, 7) is 5.26. The summed E-state index contributed by atoms with van der Waals surface area (Å²) < 4.78 is 38.5. The summed E-state index contributed by atoms with van der Waals surface area (Å²) in [5.41, 5.74) is 0.533. The van der Waals surface area contributed by atoms with Gasteiger partial charge in [-0.3, -0.25) is 0 Å². The molecule has 2 aliphatic rings. The van der Waals surface area contributed by atoms with E-state index in [4.69, 9.17) is 9.47 Å². The predicted molar refractivity (Wildman–Crippen MR) is 113 cm³/mol. The highest BCUT2D eigenvalue weighted by atomic mass is 19.2. The van der Waals surface area contributed by atoms with E-state index in [9.17, 15) is 8.78 Å². The van der Waals surface area contributed by atoms with Crippen LogP contribution in [0, 0.1) is 34.8 Å². The molecule has 3 rings (SSSR count). The van der Waals surface area contributed by atoms with Gasteiger partial charge >= 0.3 is 0 Å². The molecule has 0 aliphatic heterocycles. The van der Waals surface area contributed by atoms with E-state index >= 15 is 0 Å². The molecule has 2 aliphatic carbocycles. The first-order valence-corrected chi connectivity index (χ1v) is 11.7. The SMILES string of the molecule is CCCC(C)C1([C@H]2CC[C@H](COc3ccc(OC)c(F)c3F)CC2)CCCCC1. The Morgan fingerprint density at radius 1 is 1.00 bits per heavy atom. The van der Waals surface area contributed by atoms with Crippen LogP contribution in [0.15, 0.2) is 12.1 Å². The summed E-state index contributed by atoms with van der Waals surface area (Å²) in [6.07, 6.45) is 14.3. The molecule has 1 unspecified atom stereocenters. The maximum Gasteiger partial charge on any atom is 0.204 e. The van der Waals surface area contributed by atoms with Crippen molar-refractivity contribution in [1.29, 1.82) is 0 Å². The van der Waals surface area contributed by atoms with Crippen LogP contribution in [0.25, 0.3) is 0 Å². The fourth-order valence-electron chi connectivity index (χ4n) is 6.13. The molecule has 0 radical (unpaired) electrons. The Kier molecular flexibility index (Phi) is 7.81. The molecule has 1 aromatic carbocycles. The lowest BCUT2D eigenvalue weighted by Crippen LogP contribution is -2.41. The first kappa shape index (κ1) is 22.4. The van der Waals surface area contributed by atoms with Gasteiger partial charge in [-0.05, 0) is 73.8 Å². The minimum atomic E-state index is -0.974. The van der Waals surface area contributed by atoms with E-state index < -0.39 is 11.6 Å². The van der Waals surface area contributed by atoms with Crippen LogP contribution in [0.5, 0.6) is 11.5 Å². The highest BCUT2D eigenvalue weighted by molar-refractivity contribution is 5.34. The van der Waals surface area contributed by atoms with Crippen LogP contribution < -0.4 is 9.47 Å². The lowest BCUT2D eigenvalue weighted by atomic mass is 9.55.